The monoisotopic (exact) mass is 436 g/mol. The molecule has 0 fully saturated rings. The molecule has 4 rings (SSSR count). The van der Waals surface area contributed by atoms with Crippen molar-refractivity contribution in [3.63, 3.8) is 0 Å². The fourth-order valence-electron chi connectivity index (χ4n) is 3.32. The number of pyridine rings is 1. The van der Waals surface area contributed by atoms with E-state index in [0.717, 1.165) is 17.1 Å². The summed E-state index contributed by atoms with van der Waals surface area (Å²) in [6, 6.07) is 27.9. The predicted octanol–water partition coefficient (Wildman–Crippen LogP) is 5.66. The van der Waals surface area contributed by atoms with Crippen LogP contribution in [0.1, 0.15) is 26.3 Å². The lowest BCUT2D eigenvalue weighted by atomic mass is 10.1. The Morgan fingerprint density at radius 3 is 2.06 bits per heavy atom. The second-order valence-electron chi connectivity index (χ2n) is 7.60. The van der Waals surface area contributed by atoms with Gasteiger partial charge in [0.2, 0.25) is 0 Å². The maximum atomic E-state index is 12.8. The molecule has 2 amide bonds. The van der Waals surface area contributed by atoms with Gasteiger partial charge in [0.1, 0.15) is 5.82 Å². The molecule has 0 aliphatic rings. The number of nitrogens with one attached hydrogen (secondary N) is 2. The molecule has 0 saturated heterocycles. The molecule has 0 aliphatic carbocycles. The number of hydrogen-bond donors (Lipinski definition) is 2. The number of para-hydroxylation sites is 2. The van der Waals surface area contributed by atoms with Gasteiger partial charge in [-0.25, -0.2) is 4.98 Å². The molecule has 6 heteroatoms. The highest BCUT2D eigenvalue weighted by Gasteiger charge is 2.13. The van der Waals surface area contributed by atoms with Crippen LogP contribution in [-0.4, -0.2) is 23.8 Å². The standard InChI is InChI=1S/C27H24N4O2/c1-19-13-14-20(26(32)29-22-9-5-3-6-10-22)17-24(19)30-27(33)21-15-16-25(28-18-21)31(2)23-11-7-4-8-12-23/h3-18H,1-2H3,(H,29,32)(H,30,33). The lowest BCUT2D eigenvalue weighted by molar-refractivity contribution is 0.101. The minimum Gasteiger partial charge on any atom is -0.329 e. The zero-order valence-corrected chi connectivity index (χ0v) is 18.4. The highest BCUT2D eigenvalue weighted by atomic mass is 16.2. The van der Waals surface area contributed by atoms with Crippen molar-refractivity contribution in [3.05, 3.63) is 114 Å². The Balaban J connectivity index is 1.47. The Labute approximate surface area is 192 Å². The van der Waals surface area contributed by atoms with Crippen LogP contribution >= 0.6 is 0 Å². The van der Waals surface area contributed by atoms with Crippen LogP contribution in [0.15, 0.2) is 97.2 Å². The average Bonchev–Trinajstić information content (AvgIpc) is 2.86. The molecular formula is C27H24N4O2. The Morgan fingerprint density at radius 1 is 0.758 bits per heavy atom. The number of rotatable bonds is 6. The normalized spacial score (nSPS) is 10.4. The van der Waals surface area contributed by atoms with E-state index in [0.29, 0.717) is 22.5 Å². The van der Waals surface area contributed by atoms with Crippen molar-refractivity contribution in [2.45, 2.75) is 6.92 Å². The van der Waals surface area contributed by atoms with Crippen LogP contribution in [0, 0.1) is 6.92 Å². The first-order valence-electron chi connectivity index (χ1n) is 10.5. The van der Waals surface area contributed by atoms with Crippen LogP contribution in [0.5, 0.6) is 0 Å². The first kappa shape index (κ1) is 21.8. The van der Waals surface area contributed by atoms with Gasteiger partial charge < -0.3 is 15.5 Å². The van der Waals surface area contributed by atoms with Gasteiger partial charge in [0, 0.05) is 35.9 Å². The van der Waals surface area contributed by atoms with Gasteiger partial charge in [-0.1, -0.05) is 42.5 Å². The van der Waals surface area contributed by atoms with Crippen molar-refractivity contribution < 1.29 is 9.59 Å². The number of aryl methyl sites for hydroxylation is 1. The van der Waals surface area contributed by atoms with Crippen LogP contribution in [0.3, 0.4) is 0 Å². The van der Waals surface area contributed by atoms with Crippen molar-refractivity contribution in [3.8, 4) is 0 Å². The first-order chi connectivity index (χ1) is 16.0. The fraction of sp³-hybridized carbons (Fsp3) is 0.0741. The van der Waals surface area contributed by atoms with Crippen LogP contribution in [0.2, 0.25) is 0 Å². The lowest BCUT2D eigenvalue weighted by Crippen LogP contribution is -2.16. The van der Waals surface area contributed by atoms with Crippen LogP contribution < -0.4 is 15.5 Å². The summed E-state index contributed by atoms with van der Waals surface area (Å²) in [4.78, 5) is 31.8. The van der Waals surface area contributed by atoms with E-state index in [4.69, 9.17) is 0 Å². The molecule has 6 nitrogen and oxygen atoms in total. The molecule has 3 aromatic carbocycles. The van der Waals surface area contributed by atoms with Gasteiger partial charge in [0.05, 0.1) is 5.56 Å². The lowest BCUT2D eigenvalue weighted by Gasteiger charge is -2.18. The summed E-state index contributed by atoms with van der Waals surface area (Å²) in [5.41, 5.74) is 4.03. The van der Waals surface area contributed by atoms with Crippen molar-refractivity contribution in [1.82, 2.24) is 4.98 Å². The second-order valence-corrected chi connectivity index (χ2v) is 7.60. The first-order valence-corrected chi connectivity index (χ1v) is 10.5. The summed E-state index contributed by atoms with van der Waals surface area (Å²) in [6.07, 6.45) is 1.55. The molecule has 0 atom stereocenters. The number of benzene rings is 3. The van der Waals surface area contributed by atoms with E-state index >= 15 is 0 Å². The third kappa shape index (κ3) is 5.25. The zero-order valence-electron chi connectivity index (χ0n) is 18.4. The Bertz CT molecular complexity index is 1260. The third-order valence-corrected chi connectivity index (χ3v) is 5.28. The van der Waals surface area contributed by atoms with E-state index in [-0.39, 0.29) is 11.8 Å². The van der Waals surface area contributed by atoms with Crippen molar-refractivity contribution in [2.24, 2.45) is 0 Å². The molecule has 33 heavy (non-hydrogen) atoms. The van der Waals surface area contributed by atoms with E-state index in [1.807, 2.05) is 85.6 Å². The molecule has 0 radical (unpaired) electrons. The molecule has 0 spiro atoms. The molecular weight excluding hydrogens is 412 g/mol. The summed E-state index contributed by atoms with van der Waals surface area (Å²) >= 11 is 0. The molecule has 0 saturated carbocycles. The van der Waals surface area contributed by atoms with Gasteiger partial charge in [0.25, 0.3) is 11.8 Å². The van der Waals surface area contributed by atoms with E-state index in [1.54, 1.807) is 30.5 Å². The van der Waals surface area contributed by atoms with Crippen LogP contribution in [-0.2, 0) is 0 Å². The number of carbonyl (C=O) groups is 2. The second kappa shape index (κ2) is 9.78. The maximum Gasteiger partial charge on any atom is 0.257 e. The Morgan fingerprint density at radius 2 is 1.39 bits per heavy atom. The number of amides is 2. The highest BCUT2D eigenvalue weighted by molar-refractivity contribution is 6.07. The SMILES string of the molecule is Cc1ccc(C(=O)Nc2ccccc2)cc1NC(=O)c1ccc(N(C)c2ccccc2)nc1. The number of aromatic nitrogens is 1. The molecule has 0 aliphatic heterocycles. The van der Waals surface area contributed by atoms with E-state index in [9.17, 15) is 9.59 Å². The fourth-order valence-corrected chi connectivity index (χ4v) is 3.32. The minimum absolute atomic E-state index is 0.244. The summed E-state index contributed by atoms with van der Waals surface area (Å²) in [6.45, 7) is 1.88. The van der Waals surface area contributed by atoms with E-state index in [2.05, 4.69) is 15.6 Å². The van der Waals surface area contributed by atoms with Crippen LogP contribution in [0.25, 0.3) is 0 Å². The van der Waals surface area contributed by atoms with Gasteiger partial charge in [-0.15, -0.1) is 0 Å². The van der Waals surface area contributed by atoms with Gasteiger partial charge in [-0.05, 0) is 61.0 Å². The van der Waals surface area contributed by atoms with Gasteiger partial charge in [-0.2, -0.15) is 0 Å². The van der Waals surface area contributed by atoms with E-state index in [1.165, 1.54) is 0 Å². The minimum atomic E-state index is -0.292. The summed E-state index contributed by atoms with van der Waals surface area (Å²) in [5, 5.41) is 5.75. The predicted molar refractivity (Wildman–Crippen MR) is 132 cm³/mol. The number of nitrogens with zero attached hydrogens (tertiary/aromatic N) is 2. The third-order valence-electron chi connectivity index (χ3n) is 5.28. The smallest absolute Gasteiger partial charge is 0.257 e. The van der Waals surface area contributed by atoms with Crippen LogP contribution in [0.4, 0.5) is 22.9 Å². The molecule has 164 valence electrons. The number of anilines is 4. The molecule has 1 aromatic heterocycles. The average molecular weight is 437 g/mol. The van der Waals surface area contributed by atoms with Gasteiger partial charge >= 0.3 is 0 Å². The van der Waals surface area contributed by atoms with Crippen molar-refractivity contribution in [1.29, 1.82) is 0 Å². The molecule has 2 N–H and O–H groups in total. The molecule has 4 aromatic rings. The zero-order chi connectivity index (χ0) is 23.2. The number of carbonyl (C=O) groups excluding carboxylic acids is 2. The topological polar surface area (TPSA) is 74.3 Å². The van der Waals surface area contributed by atoms with Gasteiger partial charge in [-0.3, -0.25) is 9.59 Å². The Kier molecular flexibility index (Phi) is 6.45. The van der Waals surface area contributed by atoms with Gasteiger partial charge in [0.15, 0.2) is 0 Å². The quantitative estimate of drug-likeness (QED) is 0.409. The van der Waals surface area contributed by atoms with Crippen molar-refractivity contribution >= 4 is 34.7 Å². The number of hydrogen-bond acceptors (Lipinski definition) is 4. The van der Waals surface area contributed by atoms with Crippen molar-refractivity contribution in [2.75, 3.05) is 22.6 Å². The summed E-state index contributed by atoms with van der Waals surface area (Å²) in [5.74, 6) is 0.195. The largest absolute Gasteiger partial charge is 0.329 e. The molecule has 0 bridgehead atoms. The Hall–Kier alpha value is -4.45. The summed E-state index contributed by atoms with van der Waals surface area (Å²) < 4.78 is 0. The van der Waals surface area contributed by atoms with E-state index < -0.39 is 0 Å². The molecule has 1 heterocycles. The maximum absolute atomic E-state index is 12.8. The highest BCUT2D eigenvalue weighted by Crippen LogP contribution is 2.22. The molecule has 0 unspecified atom stereocenters. The summed E-state index contributed by atoms with van der Waals surface area (Å²) in [7, 11) is 1.92.